The van der Waals surface area contributed by atoms with Crippen LogP contribution < -0.4 is 10.9 Å². The van der Waals surface area contributed by atoms with Crippen molar-refractivity contribution in [2.45, 2.75) is 6.92 Å². The summed E-state index contributed by atoms with van der Waals surface area (Å²) in [5.41, 5.74) is -0.289. The highest BCUT2D eigenvalue weighted by molar-refractivity contribution is 6.08. The highest BCUT2D eigenvalue weighted by Crippen LogP contribution is 2.17. The molecule has 8 nitrogen and oxygen atoms in total. The second-order valence-electron chi connectivity index (χ2n) is 5.48. The number of aryl methyl sites for hydroxylation is 1. The first-order valence-electron chi connectivity index (χ1n) is 7.99. The number of rotatable bonds is 7. The van der Waals surface area contributed by atoms with E-state index in [1.54, 1.807) is 24.3 Å². The fourth-order valence-corrected chi connectivity index (χ4v) is 2.17. The smallest absolute Gasteiger partial charge is 0.411 e. The molecule has 142 valence electrons. The van der Waals surface area contributed by atoms with E-state index in [2.05, 4.69) is 5.32 Å². The Morgan fingerprint density at radius 2 is 2.04 bits per heavy atom. The van der Waals surface area contributed by atoms with Crippen LogP contribution in [-0.4, -0.2) is 37.3 Å². The summed E-state index contributed by atoms with van der Waals surface area (Å²) in [6.07, 6.45) is 1.95. The monoisotopic (exact) mass is 373 g/mol. The van der Waals surface area contributed by atoms with Gasteiger partial charge in [-0.3, -0.25) is 10.1 Å². The maximum atomic E-state index is 12.2. The molecule has 0 saturated carbocycles. The van der Waals surface area contributed by atoms with Crippen LogP contribution >= 0.6 is 0 Å². The van der Waals surface area contributed by atoms with E-state index in [9.17, 15) is 19.5 Å². The summed E-state index contributed by atoms with van der Waals surface area (Å²) in [6, 6.07) is 7.83. The molecule has 2 aromatic rings. The molecule has 1 aromatic heterocycles. The number of ether oxygens (including phenoxy) is 2. The summed E-state index contributed by atoms with van der Waals surface area (Å²) in [4.78, 5) is 35.5. The molecule has 0 radical (unpaired) electrons. The van der Waals surface area contributed by atoms with E-state index in [-0.39, 0.29) is 19.0 Å². The normalized spacial score (nSPS) is 10.7. The molecule has 2 rings (SSSR count). The largest absolute Gasteiger partial charge is 0.507 e. The Morgan fingerprint density at radius 3 is 2.74 bits per heavy atom. The molecule has 0 bridgehead atoms. The van der Waals surface area contributed by atoms with Crippen molar-refractivity contribution in [2.24, 2.45) is 0 Å². The molecule has 8 heteroatoms. The Bertz CT molecular complexity index is 915. The zero-order chi connectivity index (χ0) is 19.8. The van der Waals surface area contributed by atoms with Crippen molar-refractivity contribution in [3.8, 4) is 5.75 Å². The van der Waals surface area contributed by atoms with Gasteiger partial charge in [0.1, 0.15) is 23.7 Å². The first-order chi connectivity index (χ1) is 12.9. The molecule has 1 heterocycles. The van der Waals surface area contributed by atoms with E-state index in [4.69, 9.17) is 13.9 Å². The molecule has 1 amide bonds. The van der Waals surface area contributed by atoms with Gasteiger partial charge >= 0.3 is 11.7 Å². The van der Waals surface area contributed by atoms with E-state index in [1.807, 2.05) is 0 Å². The summed E-state index contributed by atoms with van der Waals surface area (Å²) in [5.74, 6) is -0.930. The van der Waals surface area contributed by atoms with Crippen LogP contribution in [0.4, 0.5) is 10.5 Å². The molecular formula is C19H19NO7. The number of carbonyl (C=O) groups is 2. The Hall–Kier alpha value is -3.39. The third-order valence-electron chi connectivity index (χ3n) is 3.38. The third-order valence-corrected chi connectivity index (χ3v) is 3.38. The topological polar surface area (TPSA) is 115 Å². The average Bonchev–Trinajstić information content (AvgIpc) is 2.59. The maximum Gasteiger partial charge on any atom is 0.411 e. The van der Waals surface area contributed by atoms with Crippen LogP contribution in [0.15, 0.2) is 45.6 Å². The zero-order valence-corrected chi connectivity index (χ0v) is 14.9. The predicted octanol–water partition coefficient (Wildman–Crippen LogP) is 2.74. The van der Waals surface area contributed by atoms with Crippen LogP contribution in [0.25, 0.3) is 6.08 Å². The first-order valence-corrected chi connectivity index (χ1v) is 7.99. The number of hydrogen-bond donors (Lipinski definition) is 2. The van der Waals surface area contributed by atoms with Crippen LogP contribution in [-0.2, 0) is 9.47 Å². The van der Waals surface area contributed by atoms with Crippen molar-refractivity contribution in [3.05, 3.63) is 63.7 Å². The van der Waals surface area contributed by atoms with Crippen molar-refractivity contribution >= 4 is 23.6 Å². The van der Waals surface area contributed by atoms with Crippen molar-refractivity contribution < 1.29 is 28.6 Å². The molecule has 1 aromatic carbocycles. The summed E-state index contributed by atoms with van der Waals surface area (Å²) >= 11 is 0. The fourth-order valence-electron chi connectivity index (χ4n) is 2.17. The van der Waals surface area contributed by atoms with Gasteiger partial charge in [-0.2, -0.15) is 0 Å². The average molecular weight is 373 g/mol. The van der Waals surface area contributed by atoms with Gasteiger partial charge in [0.2, 0.25) is 0 Å². The van der Waals surface area contributed by atoms with Crippen LogP contribution in [0, 0.1) is 6.92 Å². The Kier molecular flexibility index (Phi) is 6.90. The number of carbonyl (C=O) groups excluding carboxylic acids is 2. The summed E-state index contributed by atoms with van der Waals surface area (Å²) < 4.78 is 14.5. The van der Waals surface area contributed by atoms with Crippen molar-refractivity contribution in [1.29, 1.82) is 0 Å². The van der Waals surface area contributed by atoms with Crippen LogP contribution in [0.5, 0.6) is 5.75 Å². The number of aromatic hydroxyl groups is 1. The lowest BCUT2D eigenvalue weighted by atomic mass is 10.1. The molecule has 0 aliphatic rings. The molecule has 2 N–H and O–H groups in total. The quantitative estimate of drug-likeness (QED) is 0.435. The van der Waals surface area contributed by atoms with E-state index in [0.29, 0.717) is 11.3 Å². The maximum absolute atomic E-state index is 12.2. The zero-order valence-electron chi connectivity index (χ0n) is 14.9. The summed E-state index contributed by atoms with van der Waals surface area (Å²) in [5, 5.41) is 12.3. The minimum absolute atomic E-state index is 0.124. The predicted molar refractivity (Wildman–Crippen MR) is 98.0 cm³/mol. The number of amides is 1. The summed E-state index contributed by atoms with van der Waals surface area (Å²) in [6.45, 7) is 1.90. The standard InChI is InChI=1S/C19H19NO7/c1-12-10-16(22)17(18(23)27-12)15(21)7-6-13-4-3-5-14(11-13)20-19(24)26-9-8-25-2/h3-7,10-11,22H,8-9H2,1-2H3,(H,20,24). The van der Waals surface area contributed by atoms with Crippen molar-refractivity contribution in [3.63, 3.8) is 0 Å². The molecule has 0 aliphatic heterocycles. The van der Waals surface area contributed by atoms with Gasteiger partial charge in [-0.25, -0.2) is 9.59 Å². The van der Waals surface area contributed by atoms with Gasteiger partial charge in [0, 0.05) is 18.9 Å². The third kappa shape index (κ3) is 5.82. The van der Waals surface area contributed by atoms with Crippen LogP contribution in [0.3, 0.4) is 0 Å². The lowest BCUT2D eigenvalue weighted by molar-refractivity contribution is 0.104. The van der Waals surface area contributed by atoms with Crippen molar-refractivity contribution in [1.82, 2.24) is 0 Å². The number of allylic oxidation sites excluding steroid dienone is 1. The van der Waals surface area contributed by atoms with Gasteiger partial charge in [0.15, 0.2) is 5.78 Å². The van der Waals surface area contributed by atoms with Gasteiger partial charge in [0.05, 0.1) is 6.61 Å². The second kappa shape index (κ2) is 9.35. The molecule has 0 atom stereocenters. The van der Waals surface area contributed by atoms with Gasteiger partial charge < -0.3 is 19.0 Å². The Morgan fingerprint density at radius 1 is 1.26 bits per heavy atom. The van der Waals surface area contributed by atoms with E-state index in [0.717, 1.165) is 6.08 Å². The number of ketones is 1. The molecule has 0 spiro atoms. The van der Waals surface area contributed by atoms with Gasteiger partial charge in [0.25, 0.3) is 0 Å². The number of nitrogens with one attached hydrogen (secondary N) is 1. The fraction of sp³-hybridized carbons (Fsp3) is 0.211. The van der Waals surface area contributed by atoms with Crippen LogP contribution in [0.2, 0.25) is 0 Å². The van der Waals surface area contributed by atoms with Crippen molar-refractivity contribution in [2.75, 3.05) is 25.6 Å². The molecular weight excluding hydrogens is 354 g/mol. The van der Waals surface area contributed by atoms with Gasteiger partial charge in [-0.15, -0.1) is 0 Å². The van der Waals surface area contributed by atoms with Gasteiger partial charge in [-0.1, -0.05) is 18.2 Å². The lowest BCUT2D eigenvalue weighted by Crippen LogP contribution is -2.16. The van der Waals surface area contributed by atoms with E-state index < -0.39 is 28.8 Å². The molecule has 0 saturated heterocycles. The minimum Gasteiger partial charge on any atom is -0.507 e. The number of hydrogen-bond acceptors (Lipinski definition) is 7. The molecule has 0 fully saturated rings. The SMILES string of the molecule is COCCOC(=O)Nc1cccc(C=CC(=O)c2c(O)cc(C)oc2=O)c1. The minimum atomic E-state index is -0.906. The second-order valence-corrected chi connectivity index (χ2v) is 5.48. The number of anilines is 1. The van der Waals surface area contributed by atoms with Crippen LogP contribution in [0.1, 0.15) is 21.7 Å². The lowest BCUT2D eigenvalue weighted by Gasteiger charge is -2.07. The van der Waals surface area contributed by atoms with E-state index >= 15 is 0 Å². The highest BCUT2D eigenvalue weighted by atomic mass is 16.6. The molecule has 0 unspecified atom stereocenters. The van der Waals surface area contributed by atoms with Gasteiger partial charge in [-0.05, 0) is 30.7 Å². The molecule has 27 heavy (non-hydrogen) atoms. The summed E-state index contributed by atoms with van der Waals surface area (Å²) in [7, 11) is 1.50. The Balaban J connectivity index is 2.08. The highest BCUT2D eigenvalue weighted by Gasteiger charge is 2.15. The Labute approximate surface area is 155 Å². The number of benzene rings is 1. The van der Waals surface area contributed by atoms with E-state index in [1.165, 1.54) is 26.2 Å². The first kappa shape index (κ1) is 19.9. The number of methoxy groups -OCH3 is 1. The molecule has 0 aliphatic carbocycles.